The second kappa shape index (κ2) is 9.60. The quantitative estimate of drug-likeness (QED) is 0.714. The molecule has 0 spiro atoms. The van der Waals surface area contributed by atoms with E-state index in [0.717, 1.165) is 6.07 Å². The maximum atomic E-state index is 13.4. The van der Waals surface area contributed by atoms with Crippen molar-refractivity contribution in [1.29, 1.82) is 5.26 Å². The first-order chi connectivity index (χ1) is 16.6. The lowest BCUT2D eigenvalue weighted by Gasteiger charge is -2.37. The number of alkyl halides is 3. The zero-order valence-corrected chi connectivity index (χ0v) is 19.5. The Morgan fingerprint density at radius 3 is 2.49 bits per heavy atom. The molecule has 1 N–H and O–H groups in total. The molecule has 0 bridgehead atoms. The number of halogens is 3. The highest BCUT2D eigenvalue weighted by molar-refractivity contribution is 5.94. The van der Waals surface area contributed by atoms with Crippen molar-refractivity contribution in [3.05, 3.63) is 47.3 Å². The van der Waals surface area contributed by atoms with E-state index in [2.05, 4.69) is 10.4 Å². The van der Waals surface area contributed by atoms with Crippen LogP contribution >= 0.6 is 0 Å². The normalized spacial score (nSPS) is 21.1. The number of hydrogen-bond acceptors (Lipinski definition) is 5. The number of carbonyl (C=O) groups excluding carboxylic acids is 2. The number of likely N-dealkylation sites (tertiary alicyclic amines) is 1. The Labute approximate surface area is 201 Å². The number of nitrogens with one attached hydrogen (secondary N) is 1. The smallest absolute Gasteiger partial charge is 0.372 e. The summed E-state index contributed by atoms with van der Waals surface area (Å²) in [5, 5.41) is 15.8. The molecule has 0 aliphatic carbocycles. The molecule has 35 heavy (non-hydrogen) atoms. The Bertz CT molecular complexity index is 1150. The molecule has 2 fully saturated rings. The summed E-state index contributed by atoms with van der Waals surface area (Å²) in [5.41, 5.74) is -0.425. The van der Waals surface area contributed by atoms with Crippen molar-refractivity contribution in [3.63, 3.8) is 0 Å². The van der Waals surface area contributed by atoms with E-state index in [1.54, 1.807) is 42.0 Å². The van der Waals surface area contributed by atoms with E-state index in [-0.39, 0.29) is 29.6 Å². The van der Waals surface area contributed by atoms with Gasteiger partial charge in [0.25, 0.3) is 5.91 Å². The van der Waals surface area contributed by atoms with Crippen LogP contribution < -0.4 is 10.2 Å². The van der Waals surface area contributed by atoms with Crippen molar-refractivity contribution in [1.82, 2.24) is 20.0 Å². The summed E-state index contributed by atoms with van der Waals surface area (Å²) in [5.74, 6) is -0.501. The van der Waals surface area contributed by atoms with Gasteiger partial charge in [0.2, 0.25) is 5.91 Å². The van der Waals surface area contributed by atoms with Crippen molar-refractivity contribution >= 4 is 17.5 Å². The van der Waals surface area contributed by atoms with Crippen LogP contribution in [0.4, 0.5) is 18.9 Å². The van der Waals surface area contributed by atoms with E-state index in [1.807, 2.05) is 4.90 Å². The molecular weight excluding hydrogens is 461 g/mol. The first-order valence-electron chi connectivity index (χ1n) is 11.5. The fourth-order valence-corrected chi connectivity index (χ4v) is 5.30. The zero-order valence-electron chi connectivity index (χ0n) is 19.5. The van der Waals surface area contributed by atoms with Gasteiger partial charge < -0.3 is 15.1 Å². The molecule has 186 valence electrons. The molecule has 11 heteroatoms. The van der Waals surface area contributed by atoms with Gasteiger partial charge in [-0.15, -0.1) is 0 Å². The summed E-state index contributed by atoms with van der Waals surface area (Å²) in [7, 11) is 3.31. The second-order valence-electron chi connectivity index (χ2n) is 9.16. The standard InChI is InChI=1S/C24H27F3N6O2/c1-29-22(34)20-14-33(23(35)17-11-30-31(2)12-17)13-19(20)15-5-7-32(8-6-15)18-4-3-16(10-28)21(9-18)24(25,26)27/h3-4,9,11-12,15,19-20H,5-8,13-14H2,1-2H3,(H,29,34)/t19-,20+/m0/s1. The van der Waals surface area contributed by atoms with Gasteiger partial charge in [-0.2, -0.15) is 23.5 Å². The van der Waals surface area contributed by atoms with Crippen LogP contribution in [0.15, 0.2) is 30.6 Å². The van der Waals surface area contributed by atoms with Crippen LogP contribution in [0.1, 0.15) is 34.3 Å². The number of carbonyl (C=O) groups is 2. The van der Waals surface area contributed by atoms with Crippen LogP contribution in [0.2, 0.25) is 0 Å². The van der Waals surface area contributed by atoms with Crippen LogP contribution in [0.25, 0.3) is 0 Å². The summed E-state index contributed by atoms with van der Waals surface area (Å²) in [6.07, 6.45) is -0.0667. The predicted octanol–water partition coefficient (Wildman–Crippen LogP) is 2.66. The van der Waals surface area contributed by atoms with Gasteiger partial charge in [0.1, 0.15) is 0 Å². The van der Waals surface area contributed by atoms with Crippen LogP contribution in [0, 0.1) is 29.1 Å². The first-order valence-corrected chi connectivity index (χ1v) is 11.5. The number of benzene rings is 1. The number of amides is 2. The van der Waals surface area contributed by atoms with E-state index < -0.39 is 17.3 Å². The summed E-state index contributed by atoms with van der Waals surface area (Å²) in [4.78, 5) is 29.2. The third-order valence-corrected chi connectivity index (χ3v) is 7.13. The molecule has 2 saturated heterocycles. The van der Waals surface area contributed by atoms with Crippen LogP contribution in [0.3, 0.4) is 0 Å². The van der Waals surface area contributed by atoms with E-state index >= 15 is 0 Å². The van der Waals surface area contributed by atoms with Crippen molar-refractivity contribution in [3.8, 4) is 6.07 Å². The SMILES string of the molecule is CNC(=O)[C@@H]1CN(C(=O)c2cnn(C)c2)C[C@H]1C1CCN(c2ccc(C#N)c(C(F)(F)F)c2)CC1. The van der Waals surface area contributed by atoms with E-state index in [4.69, 9.17) is 5.26 Å². The van der Waals surface area contributed by atoms with Gasteiger partial charge in [-0.1, -0.05) is 0 Å². The minimum Gasteiger partial charge on any atom is -0.372 e. The number of aromatic nitrogens is 2. The number of anilines is 1. The Morgan fingerprint density at radius 1 is 1.20 bits per heavy atom. The molecule has 2 aromatic rings. The average Bonchev–Trinajstić information content (AvgIpc) is 3.49. The fourth-order valence-electron chi connectivity index (χ4n) is 5.30. The maximum Gasteiger partial charge on any atom is 0.417 e. The number of hydrogen-bond donors (Lipinski definition) is 1. The van der Waals surface area contributed by atoms with Crippen LogP contribution in [0.5, 0.6) is 0 Å². The van der Waals surface area contributed by atoms with Crippen LogP contribution in [-0.4, -0.2) is 59.7 Å². The lowest BCUT2D eigenvalue weighted by molar-refractivity contribution is -0.137. The van der Waals surface area contributed by atoms with Crippen molar-refractivity contribution in [2.75, 3.05) is 38.1 Å². The van der Waals surface area contributed by atoms with E-state index in [9.17, 15) is 22.8 Å². The number of nitriles is 1. The predicted molar refractivity (Wildman–Crippen MR) is 121 cm³/mol. The minimum absolute atomic E-state index is 0.0376. The summed E-state index contributed by atoms with van der Waals surface area (Å²) >= 11 is 0. The zero-order chi connectivity index (χ0) is 25.3. The first kappa shape index (κ1) is 24.6. The molecule has 0 radical (unpaired) electrons. The lowest BCUT2D eigenvalue weighted by atomic mass is 9.78. The number of rotatable bonds is 4. The molecule has 4 rings (SSSR count). The van der Waals surface area contributed by atoms with Gasteiger partial charge >= 0.3 is 6.18 Å². The third-order valence-electron chi connectivity index (χ3n) is 7.13. The highest BCUT2D eigenvalue weighted by Crippen LogP contribution is 2.39. The molecule has 0 saturated carbocycles. The van der Waals surface area contributed by atoms with Gasteiger partial charge in [-0.05, 0) is 42.9 Å². The Hall–Kier alpha value is -3.55. The van der Waals surface area contributed by atoms with Crippen LogP contribution in [-0.2, 0) is 18.0 Å². The van der Waals surface area contributed by atoms with E-state index in [1.165, 1.54) is 12.3 Å². The second-order valence-corrected chi connectivity index (χ2v) is 9.16. The third kappa shape index (κ3) is 4.97. The van der Waals surface area contributed by atoms with Gasteiger partial charge in [-0.3, -0.25) is 14.3 Å². The number of nitrogens with zero attached hydrogens (tertiary/aromatic N) is 5. The molecule has 8 nitrogen and oxygen atoms in total. The minimum atomic E-state index is -4.60. The Kier molecular flexibility index (Phi) is 6.74. The van der Waals surface area contributed by atoms with Gasteiger partial charge in [-0.25, -0.2) is 0 Å². The molecule has 1 aromatic carbocycles. The topological polar surface area (TPSA) is 94.3 Å². The summed E-state index contributed by atoms with van der Waals surface area (Å²) < 4.78 is 41.7. The molecule has 2 aliphatic heterocycles. The van der Waals surface area contributed by atoms with Gasteiger partial charge in [0.15, 0.2) is 0 Å². The molecule has 2 aliphatic rings. The molecule has 0 unspecified atom stereocenters. The molecule has 2 amide bonds. The highest BCUT2D eigenvalue weighted by Gasteiger charge is 2.44. The fraction of sp³-hybridized carbons (Fsp3) is 0.500. The Morgan fingerprint density at radius 2 is 1.91 bits per heavy atom. The lowest BCUT2D eigenvalue weighted by Crippen LogP contribution is -2.41. The largest absolute Gasteiger partial charge is 0.417 e. The molecule has 3 heterocycles. The molecular formula is C24H27F3N6O2. The summed E-state index contributed by atoms with van der Waals surface area (Å²) in [6.45, 7) is 1.83. The molecule has 2 atom stereocenters. The average molecular weight is 489 g/mol. The van der Waals surface area contributed by atoms with Crippen molar-refractivity contribution < 1.29 is 22.8 Å². The van der Waals surface area contributed by atoms with E-state index in [0.29, 0.717) is 50.3 Å². The van der Waals surface area contributed by atoms with Gasteiger partial charge in [0.05, 0.1) is 34.9 Å². The van der Waals surface area contributed by atoms with Gasteiger partial charge in [0, 0.05) is 52.2 Å². The molecule has 1 aromatic heterocycles. The highest BCUT2D eigenvalue weighted by atomic mass is 19.4. The summed E-state index contributed by atoms with van der Waals surface area (Å²) in [6, 6.07) is 5.41. The number of aryl methyl sites for hydroxylation is 1. The maximum absolute atomic E-state index is 13.4. The Balaban J connectivity index is 1.47. The number of piperidine rings is 1. The van der Waals surface area contributed by atoms with Crippen molar-refractivity contribution in [2.24, 2.45) is 24.8 Å². The monoisotopic (exact) mass is 488 g/mol. The van der Waals surface area contributed by atoms with Crippen molar-refractivity contribution in [2.45, 2.75) is 19.0 Å².